The van der Waals surface area contributed by atoms with Crippen molar-refractivity contribution < 1.29 is 4.92 Å². The highest BCUT2D eigenvalue weighted by Gasteiger charge is 2.29. The van der Waals surface area contributed by atoms with Crippen molar-refractivity contribution in [2.75, 3.05) is 11.9 Å². The maximum Gasteiger partial charge on any atom is 0.406 e. The van der Waals surface area contributed by atoms with Crippen LogP contribution in [0.3, 0.4) is 0 Å². The van der Waals surface area contributed by atoms with Gasteiger partial charge >= 0.3 is 5.82 Å². The Bertz CT molecular complexity index is 435. The molecule has 0 aromatic carbocycles. The van der Waals surface area contributed by atoms with Gasteiger partial charge in [0.1, 0.15) is 0 Å². The van der Waals surface area contributed by atoms with E-state index in [0.717, 1.165) is 18.8 Å². The second kappa shape index (κ2) is 4.96. The third-order valence-electron chi connectivity index (χ3n) is 3.93. The highest BCUT2D eigenvalue weighted by molar-refractivity contribution is 5.54. The molecule has 0 amide bonds. The molecule has 6 nitrogen and oxygen atoms in total. The van der Waals surface area contributed by atoms with Crippen LogP contribution in [0.15, 0.2) is 6.33 Å². The summed E-state index contributed by atoms with van der Waals surface area (Å²) in [6.45, 7) is 2.27. The summed E-state index contributed by atoms with van der Waals surface area (Å²) >= 11 is 0. The van der Waals surface area contributed by atoms with Crippen LogP contribution in [-0.2, 0) is 7.05 Å². The fourth-order valence-corrected chi connectivity index (χ4v) is 2.75. The Hall–Kier alpha value is -1.59. The fourth-order valence-electron chi connectivity index (χ4n) is 2.75. The normalized spacial score (nSPS) is 23.9. The van der Waals surface area contributed by atoms with Gasteiger partial charge in [0.15, 0.2) is 0 Å². The number of hydrogen-bond acceptors (Lipinski definition) is 4. The van der Waals surface area contributed by atoms with Crippen LogP contribution in [0.5, 0.6) is 0 Å². The molecule has 1 aromatic rings. The van der Waals surface area contributed by atoms with Gasteiger partial charge in [0, 0.05) is 20.1 Å². The number of imidazole rings is 1. The maximum absolute atomic E-state index is 11.0. The minimum atomic E-state index is -0.405. The quantitative estimate of drug-likeness (QED) is 0.612. The average Bonchev–Trinajstić information content (AvgIpc) is 2.71. The summed E-state index contributed by atoms with van der Waals surface area (Å²) < 4.78 is 1.73. The standard InChI is InChI=1S/C12H20N4O2/c1-9-4-6-10(7-5-9)15(3)12-11(16(17)18)13-8-14(12)2/h8-10H,4-7H2,1-3H3. The predicted molar refractivity (Wildman–Crippen MR) is 69.7 cm³/mol. The Morgan fingerprint density at radius 1 is 1.44 bits per heavy atom. The third kappa shape index (κ3) is 2.32. The minimum absolute atomic E-state index is 0.0429. The van der Waals surface area contributed by atoms with E-state index in [1.807, 2.05) is 11.9 Å². The number of hydrogen-bond donors (Lipinski definition) is 0. The van der Waals surface area contributed by atoms with Crippen LogP contribution in [0.2, 0.25) is 0 Å². The lowest BCUT2D eigenvalue weighted by molar-refractivity contribution is -0.388. The number of nitro groups is 1. The highest BCUT2D eigenvalue weighted by Crippen LogP contribution is 2.32. The van der Waals surface area contributed by atoms with Crippen molar-refractivity contribution in [3.63, 3.8) is 0 Å². The molecule has 0 bridgehead atoms. The first-order valence-electron chi connectivity index (χ1n) is 6.39. The molecule has 0 saturated heterocycles. The molecule has 1 aromatic heterocycles. The molecule has 100 valence electrons. The molecule has 0 radical (unpaired) electrons. The molecule has 6 heteroatoms. The molecule has 0 N–H and O–H groups in total. The van der Waals surface area contributed by atoms with Gasteiger partial charge in [-0.15, -0.1) is 0 Å². The Morgan fingerprint density at radius 3 is 2.61 bits per heavy atom. The summed E-state index contributed by atoms with van der Waals surface area (Å²) in [6, 6.07) is 0.385. The van der Waals surface area contributed by atoms with Gasteiger partial charge < -0.3 is 15.0 Å². The molecule has 1 aliphatic carbocycles. The minimum Gasteiger partial charge on any atom is -0.358 e. The van der Waals surface area contributed by atoms with E-state index in [9.17, 15) is 10.1 Å². The van der Waals surface area contributed by atoms with Crippen LogP contribution in [0, 0.1) is 16.0 Å². The number of rotatable bonds is 3. The second-order valence-corrected chi connectivity index (χ2v) is 5.28. The molecule has 18 heavy (non-hydrogen) atoms. The molecule has 0 unspecified atom stereocenters. The molecule has 1 fully saturated rings. The first-order valence-corrected chi connectivity index (χ1v) is 6.39. The molecule has 1 heterocycles. The highest BCUT2D eigenvalue weighted by atomic mass is 16.6. The van der Waals surface area contributed by atoms with E-state index in [0.29, 0.717) is 11.9 Å². The monoisotopic (exact) mass is 252 g/mol. The van der Waals surface area contributed by atoms with Gasteiger partial charge in [0.25, 0.3) is 0 Å². The van der Waals surface area contributed by atoms with Gasteiger partial charge in [-0.1, -0.05) is 6.92 Å². The van der Waals surface area contributed by atoms with E-state index in [1.165, 1.54) is 19.2 Å². The summed E-state index contributed by atoms with van der Waals surface area (Å²) in [5.74, 6) is 1.34. The zero-order valence-electron chi connectivity index (χ0n) is 11.2. The zero-order chi connectivity index (χ0) is 13.3. The molecule has 0 spiro atoms. The topological polar surface area (TPSA) is 64.2 Å². The lowest BCUT2D eigenvalue weighted by atomic mass is 9.87. The third-order valence-corrected chi connectivity index (χ3v) is 3.93. The van der Waals surface area contributed by atoms with Gasteiger partial charge in [-0.3, -0.25) is 4.57 Å². The van der Waals surface area contributed by atoms with Gasteiger partial charge in [-0.25, -0.2) is 0 Å². The Labute approximate surface area is 107 Å². The van der Waals surface area contributed by atoms with Gasteiger partial charge in [0.05, 0.1) is 0 Å². The lowest BCUT2D eigenvalue weighted by Crippen LogP contribution is -2.36. The molecule has 2 rings (SSSR count). The van der Waals surface area contributed by atoms with Gasteiger partial charge in [-0.2, -0.15) is 0 Å². The summed E-state index contributed by atoms with van der Waals surface area (Å²) in [7, 11) is 3.74. The summed E-state index contributed by atoms with van der Waals surface area (Å²) in [5, 5.41) is 11.0. The number of aromatic nitrogens is 2. The van der Waals surface area contributed by atoms with Crippen molar-refractivity contribution in [3.8, 4) is 0 Å². The molecular formula is C12H20N4O2. The number of aryl methyl sites for hydroxylation is 1. The summed E-state index contributed by atoms with van der Waals surface area (Å²) in [6.07, 6.45) is 6.09. The van der Waals surface area contributed by atoms with E-state index in [1.54, 1.807) is 11.6 Å². The van der Waals surface area contributed by atoms with E-state index >= 15 is 0 Å². The van der Waals surface area contributed by atoms with E-state index in [4.69, 9.17) is 0 Å². The molecule has 0 aliphatic heterocycles. The van der Waals surface area contributed by atoms with E-state index < -0.39 is 4.92 Å². The molecular weight excluding hydrogens is 232 g/mol. The second-order valence-electron chi connectivity index (χ2n) is 5.28. The van der Waals surface area contributed by atoms with Crippen LogP contribution in [0.25, 0.3) is 0 Å². The fraction of sp³-hybridized carbons (Fsp3) is 0.750. The Balaban J connectivity index is 2.20. The Morgan fingerprint density at radius 2 is 2.06 bits per heavy atom. The van der Waals surface area contributed by atoms with Crippen LogP contribution in [-0.4, -0.2) is 27.6 Å². The van der Waals surface area contributed by atoms with E-state index in [2.05, 4.69) is 11.9 Å². The number of nitrogens with zero attached hydrogens (tertiary/aromatic N) is 4. The van der Waals surface area contributed by atoms with Crippen LogP contribution >= 0.6 is 0 Å². The average molecular weight is 252 g/mol. The maximum atomic E-state index is 11.0. The SMILES string of the molecule is CC1CCC(N(C)c2c([N+](=O)[O-])ncn2C)CC1. The van der Waals surface area contributed by atoms with Crippen LogP contribution in [0.1, 0.15) is 32.6 Å². The van der Waals surface area contributed by atoms with Crippen molar-refractivity contribution in [2.45, 2.75) is 38.6 Å². The van der Waals surface area contributed by atoms with Gasteiger partial charge in [-0.05, 0) is 41.5 Å². The molecule has 1 saturated carbocycles. The van der Waals surface area contributed by atoms with Gasteiger partial charge in [0.2, 0.25) is 12.1 Å². The molecule has 0 atom stereocenters. The van der Waals surface area contributed by atoms with Crippen molar-refractivity contribution in [2.24, 2.45) is 13.0 Å². The zero-order valence-corrected chi connectivity index (χ0v) is 11.2. The van der Waals surface area contributed by atoms with Crippen LogP contribution < -0.4 is 4.90 Å². The smallest absolute Gasteiger partial charge is 0.358 e. The molecule has 1 aliphatic rings. The lowest BCUT2D eigenvalue weighted by Gasteiger charge is -2.34. The first-order chi connectivity index (χ1) is 8.50. The first kappa shape index (κ1) is 12.9. The predicted octanol–water partition coefficient (Wildman–Crippen LogP) is 2.34. The Kier molecular flexibility index (Phi) is 3.54. The van der Waals surface area contributed by atoms with E-state index in [-0.39, 0.29) is 5.82 Å². The van der Waals surface area contributed by atoms with Crippen molar-refractivity contribution in [1.29, 1.82) is 0 Å². The van der Waals surface area contributed by atoms with Crippen molar-refractivity contribution in [3.05, 3.63) is 16.4 Å². The summed E-state index contributed by atoms with van der Waals surface area (Å²) in [5.41, 5.74) is 0. The van der Waals surface area contributed by atoms with Crippen molar-refractivity contribution in [1.82, 2.24) is 9.55 Å². The largest absolute Gasteiger partial charge is 0.406 e. The number of anilines is 1. The summed E-state index contributed by atoms with van der Waals surface area (Å²) in [4.78, 5) is 16.5. The van der Waals surface area contributed by atoms with Crippen molar-refractivity contribution >= 4 is 11.6 Å². The van der Waals surface area contributed by atoms with Crippen LogP contribution in [0.4, 0.5) is 11.6 Å².